The summed E-state index contributed by atoms with van der Waals surface area (Å²) in [4.78, 5) is 59.7. The number of methoxy groups -OCH3 is 3. The molecule has 1 aromatic heterocycles. The van der Waals surface area contributed by atoms with Crippen LogP contribution in [-0.2, 0) is 39.8 Å². The van der Waals surface area contributed by atoms with Crippen LogP contribution < -0.4 is 10.6 Å². The van der Waals surface area contributed by atoms with E-state index in [1.807, 2.05) is 46.1 Å². The zero-order valence-corrected chi connectivity index (χ0v) is 33.5. The van der Waals surface area contributed by atoms with Gasteiger partial charge in [-0.3, -0.25) is 19.2 Å². The first-order valence-electron chi connectivity index (χ1n) is 18.3. The van der Waals surface area contributed by atoms with E-state index in [0.29, 0.717) is 19.5 Å². The molecule has 2 rings (SSSR count). The number of carbonyl (C=O) groups is 4. The zero-order chi connectivity index (χ0) is 37.7. The summed E-state index contributed by atoms with van der Waals surface area (Å²) in [5.41, 5.74) is 0. The van der Waals surface area contributed by atoms with Gasteiger partial charge < -0.3 is 34.6 Å². The van der Waals surface area contributed by atoms with Gasteiger partial charge in [-0.1, -0.05) is 61.0 Å². The van der Waals surface area contributed by atoms with Crippen LogP contribution in [0.3, 0.4) is 0 Å². The van der Waals surface area contributed by atoms with E-state index in [1.54, 1.807) is 56.6 Å². The van der Waals surface area contributed by atoms with Crippen molar-refractivity contribution >= 4 is 34.8 Å². The maximum absolute atomic E-state index is 14.3. The molecule has 1 saturated heterocycles. The number of nitrogens with one attached hydrogen (secondary N) is 2. The van der Waals surface area contributed by atoms with Crippen LogP contribution in [0.4, 0.5) is 0 Å². The Morgan fingerprint density at radius 3 is 2.20 bits per heavy atom. The summed E-state index contributed by atoms with van der Waals surface area (Å²) in [7, 11) is 8.33. The number of ether oxygens (including phenoxy) is 3. The van der Waals surface area contributed by atoms with Gasteiger partial charge >= 0.3 is 0 Å². The van der Waals surface area contributed by atoms with E-state index in [4.69, 9.17) is 14.2 Å². The first kappa shape index (κ1) is 43.8. The molecule has 1 aliphatic heterocycles. The Bertz CT molecular complexity index is 1200. The van der Waals surface area contributed by atoms with Crippen LogP contribution in [0.5, 0.6) is 0 Å². The van der Waals surface area contributed by atoms with Gasteiger partial charge in [-0.05, 0) is 49.1 Å². The molecule has 286 valence electrons. The monoisotopic (exact) mass is 722 g/mol. The molecule has 12 heteroatoms. The van der Waals surface area contributed by atoms with Crippen molar-refractivity contribution in [2.24, 2.45) is 29.6 Å². The molecule has 0 aromatic carbocycles. The fraction of sp³-hybridized carbons (Fsp3) is 0.789. The maximum atomic E-state index is 14.3. The Kier molecular flexibility index (Phi) is 18.6. The lowest BCUT2D eigenvalue weighted by Crippen LogP contribution is -2.54. The number of likely N-dealkylation sites (tertiary alicyclic amines) is 1. The van der Waals surface area contributed by atoms with Crippen molar-refractivity contribution in [3.05, 3.63) is 22.4 Å². The topological polar surface area (TPSA) is 127 Å². The molecule has 0 saturated carbocycles. The Morgan fingerprint density at radius 1 is 1.02 bits per heavy atom. The number of Topliss-reactive ketones (excluding diaryl/α,β-unsaturated/α-hetero) is 1. The molecular formula is C38H66N4O7S. The smallest absolute Gasteiger partial charge is 0.226 e. The summed E-state index contributed by atoms with van der Waals surface area (Å²) >= 11 is 1.66. The van der Waals surface area contributed by atoms with E-state index in [0.717, 1.165) is 12.8 Å². The van der Waals surface area contributed by atoms with Gasteiger partial charge in [0.1, 0.15) is 0 Å². The third-order valence-electron chi connectivity index (χ3n) is 10.7. The van der Waals surface area contributed by atoms with Gasteiger partial charge in [0.2, 0.25) is 17.7 Å². The van der Waals surface area contributed by atoms with Gasteiger partial charge in [0, 0.05) is 58.7 Å². The van der Waals surface area contributed by atoms with Crippen LogP contribution in [0.25, 0.3) is 0 Å². The summed E-state index contributed by atoms with van der Waals surface area (Å²) < 4.78 is 17.7. The first-order chi connectivity index (χ1) is 23.7. The van der Waals surface area contributed by atoms with Crippen LogP contribution in [0.15, 0.2) is 17.5 Å². The van der Waals surface area contributed by atoms with E-state index in [9.17, 15) is 19.2 Å². The average Bonchev–Trinajstić information content (AvgIpc) is 3.77. The molecule has 2 heterocycles. The van der Waals surface area contributed by atoms with Crippen molar-refractivity contribution in [3.8, 4) is 0 Å². The summed E-state index contributed by atoms with van der Waals surface area (Å²) in [5, 5.41) is 8.17. The Labute approximate surface area is 305 Å². The van der Waals surface area contributed by atoms with Crippen molar-refractivity contribution in [2.75, 3.05) is 48.5 Å². The Hall–Kier alpha value is -2.38. The van der Waals surface area contributed by atoms with Gasteiger partial charge in [-0.2, -0.15) is 0 Å². The molecule has 3 amide bonds. The number of thiophene rings is 1. The van der Waals surface area contributed by atoms with Crippen molar-refractivity contribution in [1.29, 1.82) is 0 Å². The number of hydrogen-bond acceptors (Lipinski definition) is 9. The van der Waals surface area contributed by atoms with E-state index < -0.39 is 30.1 Å². The summed E-state index contributed by atoms with van der Waals surface area (Å²) in [6.07, 6.45) is 0.872. The van der Waals surface area contributed by atoms with Gasteiger partial charge in [0.05, 0.1) is 48.8 Å². The lowest BCUT2D eigenvalue weighted by molar-refractivity contribution is -0.149. The van der Waals surface area contributed by atoms with Crippen molar-refractivity contribution in [2.45, 2.75) is 117 Å². The fourth-order valence-electron chi connectivity index (χ4n) is 7.46. The quantitative estimate of drug-likeness (QED) is 0.180. The third-order valence-corrected chi connectivity index (χ3v) is 11.7. The number of carbonyl (C=O) groups excluding carboxylic acids is 4. The average molecular weight is 723 g/mol. The minimum Gasteiger partial charge on any atom is -0.380 e. The number of likely N-dealkylation sites (N-methyl/N-ethyl adjacent to an activating group) is 2. The lowest BCUT2D eigenvalue weighted by Gasteiger charge is -2.40. The highest BCUT2D eigenvalue weighted by Gasteiger charge is 2.45. The highest BCUT2D eigenvalue weighted by atomic mass is 32.1. The zero-order valence-electron chi connectivity index (χ0n) is 32.7. The summed E-state index contributed by atoms with van der Waals surface area (Å²) in [6.45, 7) is 14.8. The SMILES string of the molecule is CC[C@H](C)[C@@H]([C@@H](CC(=O)N1C[C@H](OC)C[C@H]1[C@H](OC)[C@@H](C)C(=O)NCCc1cccs1)OC)N(C)C(=O)[C@@H](CC(=O)[C@@H](NC)C(C)C)C(C)C. The second kappa shape index (κ2) is 21.2. The number of amides is 3. The van der Waals surface area contributed by atoms with Crippen LogP contribution in [-0.4, -0.2) is 118 Å². The Morgan fingerprint density at radius 2 is 1.70 bits per heavy atom. The van der Waals surface area contributed by atoms with Gasteiger partial charge in [-0.15, -0.1) is 11.3 Å². The molecule has 9 atom stereocenters. The van der Waals surface area contributed by atoms with Crippen LogP contribution in [0.1, 0.15) is 79.0 Å². The molecular weight excluding hydrogens is 657 g/mol. The van der Waals surface area contributed by atoms with Gasteiger partial charge in [-0.25, -0.2) is 0 Å². The standard InChI is InChI=1S/C38H66N4O7S/c1-13-25(6)35(41(9)38(46)29(23(2)3)20-31(43)34(39-8)24(4)5)32(48-11)21-33(44)42-22-27(47-10)19-30(42)36(49-12)26(7)37(45)40-17-16-28-15-14-18-50-28/h14-15,18,23-27,29-30,32,34-36,39H,13,16-17,19-22H2,1-12H3,(H,40,45)/t25-,26+,27+,29-,30-,32+,34-,35-,36+/m0/s1. The van der Waals surface area contributed by atoms with Crippen LogP contribution in [0, 0.1) is 29.6 Å². The van der Waals surface area contributed by atoms with Crippen molar-refractivity contribution < 1.29 is 33.4 Å². The molecule has 0 spiro atoms. The molecule has 1 aliphatic rings. The molecule has 0 radical (unpaired) electrons. The fourth-order valence-corrected chi connectivity index (χ4v) is 8.17. The van der Waals surface area contributed by atoms with E-state index in [2.05, 4.69) is 30.5 Å². The largest absolute Gasteiger partial charge is 0.380 e. The molecule has 0 bridgehead atoms. The van der Waals surface area contributed by atoms with E-state index in [-0.39, 0.29) is 72.3 Å². The third kappa shape index (κ3) is 11.6. The Balaban J connectivity index is 2.28. The van der Waals surface area contributed by atoms with E-state index in [1.165, 1.54) is 4.88 Å². The first-order valence-corrected chi connectivity index (χ1v) is 19.2. The molecule has 1 aromatic rings. The molecule has 50 heavy (non-hydrogen) atoms. The highest BCUT2D eigenvalue weighted by Crippen LogP contribution is 2.31. The summed E-state index contributed by atoms with van der Waals surface area (Å²) in [5.74, 6) is -1.34. The van der Waals surface area contributed by atoms with E-state index >= 15 is 0 Å². The van der Waals surface area contributed by atoms with Crippen LogP contribution in [0.2, 0.25) is 0 Å². The van der Waals surface area contributed by atoms with Gasteiger partial charge in [0.25, 0.3) is 0 Å². The second-order valence-electron chi connectivity index (χ2n) is 14.7. The van der Waals surface area contributed by atoms with Crippen molar-refractivity contribution in [1.82, 2.24) is 20.4 Å². The second-order valence-corrected chi connectivity index (χ2v) is 15.7. The molecule has 1 fully saturated rings. The number of rotatable bonds is 22. The number of nitrogens with zero attached hydrogens (tertiary/aromatic N) is 2. The molecule has 0 unspecified atom stereocenters. The lowest BCUT2D eigenvalue weighted by atomic mass is 9.84. The molecule has 11 nitrogen and oxygen atoms in total. The molecule has 0 aliphatic carbocycles. The maximum Gasteiger partial charge on any atom is 0.226 e. The highest BCUT2D eigenvalue weighted by molar-refractivity contribution is 7.09. The normalized spacial score (nSPS) is 20.6. The summed E-state index contributed by atoms with van der Waals surface area (Å²) in [6, 6.07) is 2.93. The number of ketones is 1. The van der Waals surface area contributed by atoms with Gasteiger partial charge in [0.15, 0.2) is 5.78 Å². The van der Waals surface area contributed by atoms with Crippen LogP contribution >= 0.6 is 11.3 Å². The minimum atomic E-state index is -0.600. The number of hydrogen-bond donors (Lipinski definition) is 2. The van der Waals surface area contributed by atoms with Crippen molar-refractivity contribution in [3.63, 3.8) is 0 Å². The predicted octanol–water partition coefficient (Wildman–Crippen LogP) is 4.43. The predicted molar refractivity (Wildman–Crippen MR) is 199 cm³/mol. The minimum absolute atomic E-state index is 0.0108. The molecule has 2 N–H and O–H groups in total.